The zero-order valence-corrected chi connectivity index (χ0v) is 16.1. The Hall–Kier alpha value is -2.51. The molecular weight excluding hydrogens is 350 g/mol. The van der Waals surface area contributed by atoms with Crippen LogP contribution in [0.5, 0.6) is 0 Å². The molecule has 0 saturated heterocycles. The second-order valence-electron chi connectivity index (χ2n) is 6.62. The van der Waals surface area contributed by atoms with E-state index >= 15 is 0 Å². The van der Waals surface area contributed by atoms with Crippen LogP contribution in [0, 0.1) is 13.8 Å². The summed E-state index contributed by atoms with van der Waals surface area (Å²) >= 11 is 1.55. The Morgan fingerprint density at radius 3 is 2.46 bits per heavy atom. The van der Waals surface area contributed by atoms with Gasteiger partial charge in [-0.3, -0.25) is 9.36 Å². The number of rotatable bonds is 5. The van der Waals surface area contributed by atoms with E-state index in [4.69, 9.17) is 10.1 Å². The van der Waals surface area contributed by atoms with E-state index in [1.54, 1.807) is 40.2 Å². The molecule has 1 N–H and O–H groups in total. The van der Waals surface area contributed by atoms with Crippen LogP contribution in [-0.2, 0) is 13.1 Å². The summed E-state index contributed by atoms with van der Waals surface area (Å²) in [5, 5.41) is 9.71. The molecule has 0 aliphatic rings. The van der Waals surface area contributed by atoms with Crippen molar-refractivity contribution in [2.24, 2.45) is 0 Å². The Labute approximate surface area is 155 Å². The average molecular weight is 371 g/mol. The summed E-state index contributed by atoms with van der Waals surface area (Å²) in [5.74, 6) is -0.259. The first kappa shape index (κ1) is 18.3. The van der Waals surface area contributed by atoms with Crippen LogP contribution in [0.1, 0.15) is 32.2 Å². The van der Waals surface area contributed by atoms with E-state index in [0.717, 1.165) is 20.8 Å². The van der Waals surface area contributed by atoms with Gasteiger partial charge in [-0.1, -0.05) is 12.1 Å². The molecule has 2 heterocycles. The van der Waals surface area contributed by atoms with Gasteiger partial charge in [-0.15, -0.1) is 11.3 Å². The number of carboxylic acid groups (broad SMARTS) is 1. The lowest BCUT2D eigenvalue weighted by molar-refractivity contribution is 0.0697. The van der Waals surface area contributed by atoms with Crippen molar-refractivity contribution in [2.75, 3.05) is 14.1 Å². The fourth-order valence-electron chi connectivity index (χ4n) is 2.87. The van der Waals surface area contributed by atoms with Crippen LogP contribution in [0.25, 0.3) is 10.2 Å². The van der Waals surface area contributed by atoms with Gasteiger partial charge in [0.05, 0.1) is 24.0 Å². The summed E-state index contributed by atoms with van der Waals surface area (Å²) in [6.45, 7) is 4.87. The van der Waals surface area contributed by atoms with Crippen molar-refractivity contribution in [1.29, 1.82) is 0 Å². The Morgan fingerprint density at radius 1 is 1.23 bits per heavy atom. The summed E-state index contributed by atoms with van der Waals surface area (Å²) in [6.07, 6.45) is 0. The third kappa shape index (κ3) is 3.40. The van der Waals surface area contributed by atoms with Gasteiger partial charge in [-0.2, -0.15) is 0 Å². The lowest BCUT2D eigenvalue weighted by atomic mass is 10.1. The van der Waals surface area contributed by atoms with Gasteiger partial charge >= 0.3 is 5.97 Å². The van der Waals surface area contributed by atoms with E-state index in [2.05, 4.69) is 0 Å². The topological polar surface area (TPSA) is 75.4 Å². The van der Waals surface area contributed by atoms with Gasteiger partial charge in [0.1, 0.15) is 10.7 Å². The largest absolute Gasteiger partial charge is 0.478 e. The monoisotopic (exact) mass is 371 g/mol. The van der Waals surface area contributed by atoms with Crippen molar-refractivity contribution < 1.29 is 9.90 Å². The van der Waals surface area contributed by atoms with Crippen LogP contribution in [0.2, 0.25) is 0 Å². The molecule has 6 nitrogen and oxygen atoms in total. The molecule has 1 aromatic carbocycles. The number of thiophene rings is 1. The molecule has 3 rings (SSSR count). The first-order chi connectivity index (χ1) is 12.3. The summed E-state index contributed by atoms with van der Waals surface area (Å²) in [7, 11) is 3.88. The molecule has 0 amide bonds. The highest BCUT2D eigenvalue weighted by Gasteiger charge is 2.17. The van der Waals surface area contributed by atoms with Crippen molar-refractivity contribution in [3.05, 3.63) is 62.0 Å². The molecule has 0 radical (unpaired) electrons. The minimum atomic E-state index is -0.963. The number of nitrogens with zero attached hydrogens (tertiary/aromatic N) is 3. The second-order valence-corrected chi connectivity index (χ2v) is 7.83. The zero-order valence-electron chi connectivity index (χ0n) is 15.2. The molecule has 26 heavy (non-hydrogen) atoms. The molecule has 0 aliphatic heterocycles. The van der Waals surface area contributed by atoms with Gasteiger partial charge in [-0.25, -0.2) is 9.78 Å². The smallest absolute Gasteiger partial charge is 0.335 e. The Kier molecular flexibility index (Phi) is 4.93. The standard InChI is InChI=1S/C19H21N3O3S/c1-11-12(2)26-17-16(11)18(23)22(15(20-17)10-21(3)4)9-13-5-7-14(8-6-13)19(24)25/h5-8H,9-10H2,1-4H3,(H,24,25). The van der Waals surface area contributed by atoms with E-state index in [9.17, 15) is 9.59 Å². The van der Waals surface area contributed by atoms with Gasteiger partial charge in [0.2, 0.25) is 0 Å². The maximum Gasteiger partial charge on any atom is 0.335 e. The van der Waals surface area contributed by atoms with Gasteiger partial charge in [0.15, 0.2) is 0 Å². The molecule has 3 aromatic rings. The molecule has 2 aromatic heterocycles. The fourth-order valence-corrected chi connectivity index (χ4v) is 3.91. The average Bonchev–Trinajstić information content (AvgIpc) is 2.85. The maximum atomic E-state index is 13.2. The Balaban J connectivity index is 2.12. The predicted molar refractivity (Wildman–Crippen MR) is 103 cm³/mol. The predicted octanol–water partition coefficient (Wildman–Crippen LogP) is 2.88. The highest BCUT2D eigenvalue weighted by atomic mass is 32.1. The second kappa shape index (κ2) is 7.01. The Morgan fingerprint density at radius 2 is 1.88 bits per heavy atom. The summed E-state index contributed by atoms with van der Waals surface area (Å²) in [6, 6.07) is 6.59. The Bertz CT molecular complexity index is 1030. The van der Waals surface area contributed by atoms with Gasteiger partial charge in [0.25, 0.3) is 5.56 Å². The van der Waals surface area contributed by atoms with Crippen molar-refractivity contribution in [3.63, 3.8) is 0 Å². The molecule has 0 unspecified atom stereocenters. The highest BCUT2D eigenvalue weighted by Crippen LogP contribution is 2.26. The van der Waals surface area contributed by atoms with Crippen LogP contribution in [0.4, 0.5) is 0 Å². The van der Waals surface area contributed by atoms with Gasteiger partial charge in [0, 0.05) is 4.88 Å². The van der Waals surface area contributed by atoms with Crippen LogP contribution >= 0.6 is 11.3 Å². The lowest BCUT2D eigenvalue weighted by Gasteiger charge is -2.16. The molecule has 136 valence electrons. The molecule has 0 atom stereocenters. The first-order valence-electron chi connectivity index (χ1n) is 8.24. The van der Waals surface area contributed by atoms with Crippen LogP contribution in [0.15, 0.2) is 29.1 Å². The zero-order chi connectivity index (χ0) is 19.0. The minimum absolute atomic E-state index is 0.0454. The molecule has 7 heteroatoms. The van der Waals surface area contributed by atoms with Crippen molar-refractivity contribution in [3.8, 4) is 0 Å². The summed E-state index contributed by atoms with van der Waals surface area (Å²) in [4.78, 5) is 32.8. The lowest BCUT2D eigenvalue weighted by Crippen LogP contribution is -2.28. The number of aromatic carboxylic acids is 1. The number of aryl methyl sites for hydroxylation is 2. The van der Waals surface area contributed by atoms with E-state index in [1.807, 2.05) is 32.8 Å². The van der Waals surface area contributed by atoms with Crippen LogP contribution < -0.4 is 5.56 Å². The van der Waals surface area contributed by atoms with E-state index in [1.165, 1.54) is 0 Å². The number of carboxylic acids is 1. The summed E-state index contributed by atoms with van der Waals surface area (Å²) in [5.41, 5.74) is 2.03. The van der Waals surface area contributed by atoms with Gasteiger partial charge in [-0.05, 0) is 51.2 Å². The fraction of sp³-hybridized carbons (Fsp3) is 0.316. The molecule has 0 saturated carbocycles. The number of hydrogen-bond donors (Lipinski definition) is 1. The van der Waals surface area contributed by atoms with Crippen LogP contribution in [-0.4, -0.2) is 39.6 Å². The van der Waals surface area contributed by atoms with Crippen molar-refractivity contribution in [2.45, 2.75) is 26.9 Å². The molecular formula is C19H21N3O3S. The minimum Gasteiger partial charge on any atom is -0.478 e. The van der Waals surface area contributed by atoms with E-state index in [-0.39, 0.29) is 11.1 Å². The molecule has 0 bridgehead atoms. The van der Waals surface area contributed by atoms with Crippen molar-refractivity contribution in [1.82, 2.24) is 14.5 Å². The highest BCUT2D eigenvalue weighted by molar-refractivity contribution is 7.18. The third-order valence-electron chi connectivity index (χ3n) is 4.37. The van der Waals surface area contributed by atoms with Crippen molar-refractivity contribution >= 4 is 27.5 Å². The third-order valence-corrected chi connectivity index (χ3v) is 5.47. The first-order valence-corrected chi connectivity index (χ1v) is 9.06. The van der Waals surface area contributed by atoms with Gasteiger partial charge < -0.3 is 10.0 Å². The SMILES string of the molecule is Cc1sc2nc(CN(C)C)n(Cc3ccc(C(=O)O)cc3)c(=O)c2c1C. The quantitative estimate of drug-likeness (QED) is 0.746. The molecule has 0 spiro atoms. The van der Waals surface area contributed by atoms with E-state index in [0.29, 0.717) is 24.3 Å². The number of benzene rings is 1. The normalized spacial score (nSPS) is 11.4. The maximum absolute atomic E-state index is 13.2. The molecule has 0 aliphatic carbocycles. The van der Waals surface area contributed by atoms with E-state index < -0.39 is 5.97 Å². The summed E-state index contributed by atoms with van der Waals surface area (Å²) < 4.78 is 1.69. The molecule has 0 fully saturated rings. The van der Waals surface area contributed by atoms with Crippen LogP contribution in [0.3, 0.4) is 0 Å². The number of hydrogen-bond acceptors (Lipinski definition) is 5. The number of aromatic nitrogens is 2. The number of fused-ring (bicyclic) bond motifs is 1. The number of carbonyl (C=O) groups is 1.